The number of aliphatic hydroxyl groups excluding tert-OH is 2. The van der Waals surface area contributed by atoms with Crippen LogP contribution in [0.1, 0.15) is 107 Å². The van der Waals surface area contributed by atoms with Gasteiger partial charge in [0.15, 0.2) is 11.4 Å². The third-order valence-corrected chi connectivity index (χ3v) is 16.5. The monoisotopic (exact) mass is 1090 g/mol. The molecule has 1 heterocycles. The molecule has 0 aromatic heterocycles. The SMILES string of the molecule is CC(=O)O[C@@]12CO[C@@H]1C[C@H](O)[C@@]1(C)C(=O)C(O)C3=C(C)[C@@H](OC(=O)[C@H](OC(=O)CNC(=O)OCC4c5ccccc5-c5ccccc54)[C@@H](NC(=O)OC(C)(C)C)c4ccccc4)C[C@@](O)([C@@H](OC(=O)c4ccccc4)C12)C3(C)C. The second kappa shape index (κ2) is 21.3. The fourth-order valence-electron chi connectivity index (χ4n) is 12.6. The van der Waals surface area contributed by atoms with Crippen molar-refractivity contribution in [2.75, 3.05) is 19.8 Å². The Labute approximate surface area is 456 Å². The van der Waals surface area contributed by atoms with Crippen molar-refractivity contribution in [2.45, 2.75) is 134 Å². The first kappa shape index (κ1) is 56.3. The zero-order chi connectivity index (χ0) is 57.0. The Bertz CT molecular complexity index is 3040. The number of benzene rings is 4. The van der Waals surface area contributed by atoms with Crippen molar-refractivity contribution in [1.29, 1.82) is 0 Å². The van der Waals surface area contributed by atoms with Crippen molar-refractivity contribution < 1.29 is 82.0 Å². The predicted octanol–water partition coefficient (Wildman–Crippen LogP) is 6.35. The summed E-state index contributed by atoms with van der Waals surface area (Å²) in [6.07, 6.45) is -13.3. The molecule has 0 spiro atoms. The van der Waals surface area contributed by atoms with Crippen LogP contribution in [0.3, 0.4) is 0 Å². The van der Waals surface area contributed by atoms with Gasteiger partial charge in [0.05, 0.1) is 29.6 Å². The number of Topliss-reactive ketones (excluding diaryl/α,β-unsaturated/α-hetero) is 1. The Kier molecular flexibility index (Phi) is 15.2. The molecular formula is C60H66N2O17. The number of nitrogens with one attached hydrogen (secondary N) is 2. The van der Waals surface area contributed by atoms with Gasteiger partial charge in [0.2, 0.25) is 6.10 Å². The van der Waals surface area contributed by atoms with Gasteiger partial charge < -0.3 is 59.1 Å². The van der Waals surface area contributed by atoms with E-state index in [1.54, 1.807) is 69.3 Å². The molecule has 1 aliphatic heterocycles. The molecule has 19 heteroatoms. The molecule has 2 unspecified atom stereocenters. The fraction of sp³-hybridized carbons (Fsp3) is 0.450. The Morgan fingerprint density at radius 1 is 0.810 bits per heavy atom. The molecule has 11 atom stereocenters. The maximum atomic E-state index is 15.3. The van der Waals surface area contributed by atoms with Gasteiger partial charge in [-0.1, -0.05) is 111 Å². The molecule has 5 aliphatic rings. The van der Waals surface area contributed by atoms with Gasteiger partial charge in [-0.25, -0.2) is 19.2 Å². The van der Waals surface area contributed by atoms with E-state index in [0.717, 1.165) is 29.2 Å². The number of alkyl carbamates (subject to hydrolysis) is 2. The summed E-state index contributed by atoms with van der Waals surface area (Å²) in [5, 5.41) is 43.5. The fourth-order valence-corrected chi connectivity index (χ4v) is 12.6. The maximum absolute atomic E-state index is 15.3. The second-order valence-corrected chi connectivity index (χ2v) is 22.7. The molecule has 3 fully saturated rings. The number of ether oxygens (including phenoxy) is 7. The van der Waals surface area contributed by atoms with E-state index in [9.17, 15) is 39.3 Å². The van der Waals surface area contributed by atoms with Crippen LogP contribution in [0.25, 0.3) is 11.1 Å². The first-order valence-electron chi connectivity index (χ1n) is 26.3. The molecule has 4 aromatic carbocycles. The number of ketones is 1. The Morgan fingerprint density at radius 3 is 1.99 bits per heavy atom. The standard InChI is InChI=1S/C60H66N2O17/c1-32-41(28-60(72)51(77-52(68)35-21-13-10-14-22-35)49-58(8,50(67)47(66)45(32)57(60,6)7)42(64)27-43-59(49,31-74-43)78-33(2)63)75-53(69)48(46(34-19-11-9-12-20-34)62-55(71)79-56(3,4)5)76-44(65)29-61-54(70)73-30-40-38-25-17-15-23-36(38)37-24-16-18-26-39(37)40/h9-26,40-43,46-49,51,64,66,72H,27-31H2,1-8H3,(H,61,70)(H,62,71)/t41-,42-,43+,46-,47?,48+,49?,51-,58+,59-,60+/m0/s1. The summed E-state index contributed by atoms with van der Waals surface area (Å²) in [6, 6.07) is 29.7. The summed E-state index contributed by atoms with van der Waals surface area (Å²) in [5.74, 6) is -7.16. The Morgan fingerprint density at radius 2 is 1.41 bits per heavy atom. The number of rotatable bonds is 13. The van der Waals surface area contributed by atoms with Gasteiger partial charge in [-0.3, -0.25) is 14.4 Å². The molecule has 418 valence electrons. The molecule has 5 N–H and O–H groups in total. The van der Waals surface area contributed by atoms with Gasteiger partial charge >= 0.3 is 36.1 Å². The summed E-state index contributed by atoms with van der Waals surface area (Å²) in [4.78, 5) is 99.2. The lowest BCUT2D eigenvalue weighted by Crippen LogP contribution is -2.81. The van der Waals surface area contributed by atoms with E-state index in [2.05, 4.69) is 10.6 Å². The van der Waals surface area contributed by atoms with E-state index in [-0.39, 0.29) is 47.8 Å². The smallest absolute Gasteiger partial charge is 0.408 e. The molecule has 4 aliphatic carbocycles. The van der Waals surface area contributed by atoms with Crippen molar-refractivity contribution >= 4 is 41.8 Å². The van der Waals surface area contributed by atoms with E-state index in [4.69, 9.17) is 33.2 Å². The van der Waals surface area contributed by atoms with Crippen LogP contribution in [-0.2, 0) is 52.3 Å². The zero-order valence-electron chi connectivity index (χ0n) is 45.2. The van der Waals surface area contributed by atoms with Gasteiger partial charge in [-0.15, -0.1) is 0 Å². The molecular weight excluding hydrogens is 1020 g/mol. The number of hydrogen-bond acceptors (Lipinski definition) is 17. The molecule has 0 radical (unpaired) electrons. The number of carbonyl (C=O) groups excluding carboxylic acids is 7. The van der Waals surface area contributed by atoms with Crippen LogP contribution in [0.4, 0.5) is 9.59 Å². The number of aliphatic hydroxyl groups is 3. The normalized spacial score (nSPS) is 28.2. The molecule has 79 heavy (non-hydrogen) atoms. The topological polar surface area (TPSA) is 269 Å². The van der Waals surface area contributed by atoms with Crippen molar-refractivity contribution in [3.05, 3.63) is 143 Å². The molecule has 2 saturated carbocycles. The molecule has 2 bridgehead atoms. The minimum absolute atomic E-state index is 0.0336. The molecule has 19 nitrogen and oxygen atoms in total. The zero-order valence-corrected chi connectivity index (χ0v) is 45.2. The van der Waals surface area contributed by atoms with Crippen LogP contribution in [0.15, 0.2) is 120 Å². The van der Waals surface area contributed by atoms with Gasteiger partial charge in [0, 0.05) is 31.1 Å². The van der Waals surface area contributed by atoms with Crippen molar-refractivity contribution in [2.24, 2.45) is 16.7 Å². The predicted molar refractivity (Wildman–Crippen MR) is 281 cm³/mol. The minimum Gasteiger partial charge on any atom is -0.455 e. The van der Waals surface area contributed by atoms with Crippen LogP contribution in [0.2, 0.25) is 0 Å². The highest BCUT2D eigenvalue weighted by Crippen LogP contribution is 2.64. The van der Waals surface area contributed by atoms with Crippen LogP contribution < -0.4 is 10.6 Å². The summed E-state index contributed by atoms with van der Waals surface area (Å²) in [6.45, 7) is 10.6. The average molecular weight is 1090 g/mol. The first-order chi connectivity index (χ1) is 37.3. The molecule has 1 saturated heterocycles. The maximum Gasteiger partial charge on any atom is 0.408 e. The van der Waals surface area contributed by atoms with E-state index in [0.29, 0.717) is 0 Å². The Balaban J connectivity index is 1.07. The summed E-state index contributed by atoms with van der Waals surface area (Å²) in [5.41, 5.74) is -5.07. The van der Waals surface area contributed by atoms with Gasteiger partial charge in [-0.2, -0.15) is 0 Å². The lowest BCUT2D eigenvalue weighted by Gasteiger charge is -2.67. The van der Waals surface area contributed by atoms with Crippen LogP contribution in [-0.4, -0.2) is 130 Å². The highest BCUT2D eigenvalue weighted by molar-refractivity contribution is 5.94. The highest BCUT2D eigenvalue weighted by atomic mass is 16.6. The number of esters is 4. The van der Waals surface area contributed by atoms with E-state index >= 15 is 9.59 Å². The lowest BCUT2D eigenvalue weighted by molar-refractivity contribution is -0.346. The van der Waals surface area contributed by atoms with E-state index < -0.39 is 131 Å². The van der Waals surface area contributed by atoms with E-state index in [1.807, 2.05) is 48.5 Å². The van der Waals surface area contributed by atoms with Crippen molar-refractivity contribution in [1.82, 2.24) is 10.6 Å². The summed E-state index contributed by atoms with van der Waals surface area (Å²) >= 11 is 0. The van der Waals surface area contributed by atoms with Crippen LogP contribution in [0, 0.1) is 16.7 Å². The average Bonchev–Trinajstić information content (AvgIpc) is 2.06. The number of fused-ring (bicyclic) bond motifs is 8. The Hall–Kier alpha value is -7.45. The van der Waals surface area contributed by atoms with Gasteiger partial charge in [0.25, 0.3) is 0 Å². The number of carbonyl (C=O) groups is 7. The van der Waals surface area contributed by atoms with Crippen LogP contribution in [0.5, 0.6) is 0 Å². The third-order valence-electron chi connectivity index (χ3n) is 16.5. The molecule has 4 aromatic rings. The van der Waals surface area contributed by atoms with E-state index in [1.165, 1.54) is 39.8 Å². The lowest BCUT2D eigenvalue weighted by atomic mass is 9.44. The molecule has 2 amide bonds. The first-order valence-corrected chi connectivity index (χ1v) is 26.3. The quantitative estimate of drug-likeness (QED) is 0.0555. The highest BCUT2D eigenvalue weighted by Gasteiger charge is 2.78. The van der Waals surface area contributed by atoms with Crippen LogP contribution >= 0.6 is 0 Å². The number of amides is 2. The molecule has 9 rings (SSSR count). The van der Waals surface area contributed by atoms with Gasteiger partial charge in [-0.05, 0) is 85.7 Å². The summed E-state index contributed by atoms with van der Waals surface area (Å²) < 4.78 is 41.9. The third kappa shape index (κ3) is 10.2. The van der Waals surface area contributed by atoms with Crippen molar-refractivity contribution in [3.63, 3.8) is 0 Å². The summed E-state index contributed by atoms with van der Waals surface area (Å²) in [7, 11) is 0. The van der Waals surface area contributed by atoms with Gasteiger partial charge in [0.1, 0.15) is 54.8 Å². The number of hydrogen-bond donors (Lipinski definition) is 5. The second-order valence-electron chi connectivity index (χ2n) is 22.7. The van der Waals surface area contributed by atoms with Crippen molar-refractivity contribution in [3.8, 4) is 11.1 Å². The largest absolute Gasteiger partial charge is 0.455 e. The minimum atomic E-state index is -2.48.